The van der Waals surface area contributed by atoms with Gasteiger partial charge in [0.25, 0.3) is 10.0 Å². The molecule has 0 bridgehead atoms. The van der Waals surface area contributed by atoms with Crippen molar-refractivity contribution in [3.05, 3.63) is 47.7 Å². The van der Waals surface area contributed by atoms with Gasteiger partial charge in [-0.1, -0.05) is 12.2 Å². The van der Waals surface area contributed by atoms with E-state index in [1.165, 1.54) is 3.97 Å². The van der Waals surface area contributed by atoms with Crippen LogP contribution in [0.25, 0.3) is 11.0 Å². The van der Waals surface area contributed by atoms with Crippen LogP contribution in [0.2, 0.25) is 0 Å². The lowest BCUT2D eigenvalue weighted by molar-refractivity contribution is 0.0240. The second-order valence-electron chi connectivity index (χ2n) is 8.74. The summed E-state index contributed by atoms with van der Waals surface area (Å²) < 4.78 is 33.4. The largest absolute Gasteiger partial charge is 0.444 e. The SMILES string of the molecule is CC(C)(C)OC(=O)N1CCN(c2cn(S(=O)(=O)C3=CC=CCC3)c3ncccc23)CC1. The molecule has 0 aromatic carbocycles. The molecule has 0 N–H and O–H groups in total. The van der Waals surface area contributed by atoms with Crippen LogP contribution >= 0.6 is 0 Å². The van der Waals surface area contributed by atoms with Gasteiger partial charge < -0.3 is 14.5 Å². The minimum atomic E-state index is -3.70. The summed E-state index contributed by atoms with van der Waals surface area (Å²) in [7, 11) is -3.70. The van der Waals surface area contributed by atoms with Gasteiger partial charge in [-0.15, -0.1) is 0 Å². The van der Waals surface area contributed by atoms with Gasteiger partial charge in [0, 0.05) is 44.0 Å². The number of fused-ring (bicyclic) bond motifs is 1. The molecule has 3 heterocycles. The number of amides is 1. The maximum atomic E-state index is 13.3. The Morgan fingerprint density at radius 2 is 1.90 bits per heavy atom. The van der Waals surface area contributed by atoms with E-state index in [0.29, 0.717) is 49.6 Å². The Balaban J connectivity index is 1.61. The zero-order valence-corrected chi connectivity index (χ0v) is 18.9. The van der Waals surface area contributed by atoms with E-state index in [2.05, 4.69) is 9.88 Å². The first-order valence-corrected chi connectivity index (χ1v) is 11.9. The van der Waals surface area contributed by atoms with Gasteiger partial charge in [0.05, 0.1) is 10.6 Å². The molecule has 1 aliphatic carbocycles. The molecule has 0 unspecified atom stereocenters. The molecule has 9 heteroatoms. The van der Waals surface area contributed by atoms with Crippen molar-refractivity contribution in [2.75, 3.05) is 31.1 Å². The zero-order chi connectivity index (χ0) is 22.2. The summed E-state index contributed by atoms with van der Waals surface area (Å²) in [4.78, 5) is 20.9. The highest BCUT2D eigenvalue weighted by Gasteiger charge is 2.29. The number of carbonyl (C=O) groups is 1. The van der Waals surface area contributed by atoms with Crippen LogP contribution in [-0.4, -0.2) is 60.1 Å². The molecule has 1 saturated heterocycles. The van der Waals surface area contributed by atoms with Crippen molar-refractivity contribution in [1.29, 1.82) is 0 Å². The Morgan fingerprint density at radius 1 is 1.16 bits per heavy atom. The fourth-order valence-electron chi connectivity index (χ4n) is 3.83. The van der Waals surface area contributed by atoms with Gasteiger partial charge in [-0.3, -0.25) is 0 Å². The van der Waals surface area contributed by atoms with Crippen molar-refractivity contribution in [3.63, 3.8) is 0 Å². The minimum Gasteiger partial charge on any atom is -0.444 e. The normalized spacial score (nSPS) is 17.7. The molecule has 2 aliphatic rings. The summed E-state index contributed by atoms with van der Waals surface area (Å²) >= 11 is 0. The molecule has 0 radical (unpaired) electrons. The summed E-state index contributed by atoms with van der Waals surface area (Å²) in [6.45, 7) is 7.72. The molecule has 0 spiro atoms. The van der Waals surface area contributed by atoms with Crippen LogP contribution in [0.1, 0.15) is 33.6 Å². The van der Waals surface area contributed by atoms with E-state index in [-0.39, 0.29) is 6.09 Å². The molecule has 0 saturated carbocycles. The second-order valence-corrected chi connectivity index (χ2v) is 10.6. The third kappa shape index (κ3) is 4.32. The van der Waals surface area contributed by atoms with Crippen LogP contribution in [-0.2, 0) is 14.8 Å². The molecule has 2 aromatic heterocycles. The van der Waals surface area contributed by atoms with E-state index in [1.54, 1.807) is 29.4 Å². The topological polar surface area (TPSA) is 84.7 Å². The number of ether oxygens (including phenoxy) is 1. The standard InChI is InChI=1S/C22H28N4O4S/c1-22(2,3)30-21(27)25-14-12-24(13-15-25)19-16-26(20-18(19)10-7-11-23-20)31(28,29)17-8-5-4-6-9-17/h4-5,7-8,10-11,16H,6,9,12-15H2,1-3H3. The molecular weight excluding hydrogens is 416 g/mol. The van der Waals surface area contributed by atoms with Gasteiger partial charge in [0.15, 0.2) is 5.65 Å². The molecule has 2 aromatic rings. The van der Waals surface area contributed by atoms with Crippen LogP contribution in [0, 0.1) is 0 Å². The van der Waals surface area contributed by atoms with Crippen LogP contribution in [0.5, 0.6) is 0 Å². The highest BCUT2D eigenvalue weighted by Crippen LogP contribution is 2.32. The van der Waals surface area contributed by atoms with E-state index < -0.39 is 15.6 Å². The van der Waals surface area contributed by atoms with Crippen molar-refractivity contribution in [2.45, 2.75) is 39.2 Å². The number of nitrogens with zero attached hydrogens (tertiary/aromatic N) is 4. The lowest BCUT2D eigenvalue weighted by Crippen LogP contribution is -2.50. The maximum Gasteiger partial charge on any atom is 0.410 e. The van der Waals surface area contributed by atoms with E-state index in [9.17, 15) is 13.2 Å². The fraction of sp³-hybridized carbons (Fsp3) is 0.455. The number of allylic oxidation sites excluding steroid dienone is 4. The van der Waals surface area contributed by atoms with Crippen LogP contribution < -0.4 is 4.90 Å². The van der Waals surface area contributed by atoms with E-state index >= 15 is 0 Å². The average molecular weight is 445 g/mol. The highest BCUT2D eigenvalue weighted by molar-refractivity contribution is 7.94. The van der Waals surface area contributed by atoms with Gasteiger partial charge in [-0.25, -0.2) is 22.2 Å². The first-order chi connectivity index (χ1) is 14.7. The molecule has 1 aliphatic heterocycles. The third-order valence-electron chi connectivity index (χ3n) is 5.35. The Hall–Kier alpha value is -2.81. The Bertz CT molecular complexity index is 1150. The molecule has 31 heavy (non-hydrogen) atoms. The summed E-state index contributed by atoms with van der Waals surface area (Å²) in [5.74, 6) is 0. The number of anilines is 1. The van der Waals surface area contributed by atoms with Crippen LogP contribution in [0.4, 0.5) is 10.5 Å². The Kier molecular flexibility index (Phi) is 5.55. The van der Waals surface area contributed by atoms with E-state index in [1.807, 2.05) is 39.0 Å². The second kappa shape index (κ2) is 8.03. The molecule has 1 amide bonds. The summed E-state index contributed by atoms with van der Waals surface area (Å²) in [6, 6.07) is 3.70. The Morgan fingerprint density at radius 3 is 2.55 bits per heavy atom. The van der Waals surface area contributed by atoms with Gasteiger partial charge >= 0.3 is 6.09 Å². The molecule has 0 atom stereocenters. The lowest BCUT2D eigenvalue weighted by atomic mass is 10.2. The number of hydrogen-bond acceptors (Lipinski definition) is 6. The van der Waals surface area contributed by atoms with Crippen molar-refractivity contribution in [1.82, 2.24) is 13.9 Å². The first-order valence-electron chi connectivity index (χ1n) is 10.5. The molecular formula is C22H28N4O4S. The highest BCUT2D eigenvalue weighted by atomic mass is 32.2. The van der Waals surface area contributed by atoms with Crippen LogP contribution in [0.15, 0.2) is 47.7 Å². The van der Waals surface area contributed by atoms with Gasteiger partial charge in [-0.2, -0.15) is 0 Å². The van der Waals surface area contributed by atoms with Crippen molar-refractivity contribution >= 4 is 32.8 Å². The zero-order valence-electron chi connectivity index (χ0n) is 18.1. The maximum absolute atomic E-state index is 13.3. The number of carbonyl (C=O) groups excluding carboxylic acids is 1. The third-order valence-corrected chi connectivity index (χ3v) is 7.15. The smallest absolute Gasteiger partial charge is 0.410 e. The fourth-order valence-corrected chi connectivity index (χ4v) is 5.32. The van der Waals surface area contributed by atoms with Gasteiger partial charge in [0.2, 0.25) is 0 Å². The summed E-state index contributed by atoms with van der Waals surface area (Å²) in [6.07, 6.45) is 9.53. The number of piperazine rings is 1. The summed E-state index contributed by atoms with van der Waals surface area (Å²) in [5, 5.41) is 0.781. The van der Waals surface area contributed by atoms with E-state index in [4.69, 9.17) is 4.74 Å². The average Bonchev–Trinajstić information content (AvgIpc) is 3.14. The van der Waals surface area contributed by atoms with Crippen molar-refractivity contribution in [3.8, 4) is 0 Å². The van der Waals surface area contributed by atoms with Gasteiger partial charge in [0.1, 0.15) is 5.60 Å². The predicted octanol–water partition coefficient (Wildman–Crippen LogP) is 3.51. The van der Waals surface area contributed by atoms with E-state index in [0.717, 1.165) is 11.1 Å². The minimum absolute atomic E-state index is 0.323. The number of pyridine rings is 1. The lowest BCUT2D eigenvalue weighted by Gasteiger charge is -2.36. The molecule has 8 nitrogen and oxygen atoms in total. The first kappa shape index (κ1) is 21.4. The molecule has 4 rings (SSSR count). The predicted molar refractivity (Wildman–Crippen MR) is 121 cm³/mol. The quantitative estimate of drug-likeness (QED) is 0.720. The van der Waals surface area contributed by atoms with Crippen LogP contribution in [0.3, 0.4) is 0 Å². The summed E-state index contributed by atoms with van der Waals surface area (Å²) in [5.41, 5.74) is 0.690. The number of aromatic nitrogens is 2. The number of rotatable bonds is 3. The molecule has 166 valence electrons. The van der Waals surface area contributed by atoms with Crippen molar-refractivity contribution in [2.24, 2.45) is 0 Å². The number of hydrogen-bond donors (Lipinski definition) is 0. The molecule has 1 fully saturated rings. The monoisotopic (exact) mass is 444 g/mol. The van der Waals surface area contributed by atoms with Crippen molar-refractivity contribution < 1.29 is 17.9 Å². The Labute approximate surface area is 182 Å². The van der Waals surface area contributed by atoms with Gasteiger partial charge in [-0.05, 0) is 51.8 Å².